The van der Waals surface area contributed by atoms with E-state index in [2.05, 4.69) is 17.2 Å². The summed E-state index contributed by atoms with van der Waals surface area (Å²) in [5.74, 6) is 5.45. The molecule has 0 heterocycles. The van der Waals surface area contributed by atoms with Gasteiger partial charge >= 0.3 is 12.1 Å². The molecule has 0 saturated heterocycles. The maximum absolute atomic E-state index is 12.7. The van der Waals surface area contributed by atoms with Gasteiger partial charge < -0.3 is 14.8 Å². The molecule has 1 N–H and O–H groups in total. The van der Waals surface area contributed by atoms with Gasteiger partial charge in [0.25, 0.3) is 0 Å². The average molecular weight is 449 g/mol. The number of nitrogens with zero attached hydrogens (tertiary/aromatic N) is 1. The van der Waals surface area contributed by atoms with E-state index >= 15 is 0 Å². The fourth-order valence-electron chi connectivity index (χ4n) is 3.05. The van der Waals surface area contributed by atoms with Gasteiger partial charge in [-0.2, -0.15) is 0 Å². The molecule has 2 aromatic carbocycles. The first kappa shape index (κ1) is 25.7. The zero-order valence-electron chi connectivity index (χ0n) is 20.0. The molecule has 0 bridgehead atoms. The number of hydrogen-bond donors (Lipinski definition) is 1. The SMILES string of the molecule is COC(=O)C(C)(CCC#CCNC(=O)OC(C)(C)C)N=C(c1ccccc1)c1ccccc1. The highest BCUT2D eigenvalue weighted by molar-refractivity contribution is 6.13. The number of carbonyl (C=O) groups excluding carboxylic acids is 2. The van der Waals surface area contributed by atoms with Crippen LogP contribution in [0.15, 0.2) is 65.7 Å². The Morgan fingerprint density at radius 3 is 1.94 bits per heavy atom. The highest BCUT2D eigenvalue weighted by Crippen LogP contribution is 2.23. The Bertz CT molecular complexity index is 973. The van der Waals surface area contributed by atoms with Crippen molar-refractivity contribution >= 4 is 17.8 Å². The second-order valence-corrected chi connectivity index (χ2v) is 8.67. The van der Waals surface area contributed by atoms with Crippen molar-refractivity contribution in [2.24, 2.45) is 4.99 Å². The molecule has 0 aromatic heterocycles. The Hall–Kier alpha value is -3.59. The molecule has 174 valence electrons. The van der Waals surface area contributed by atoms with E-state index in [0.29, 0.717) is 18.6 Å². The average Bonchev–Trinajstić information content (AvgIpc) is 2.79. The number of benzene rings is 2. The standard InChI is InChI=1S/C27H32N2O4/c1-26(2,3)33-25(31)28-20-14-8-13-19-27(4,24(30)32-5)29-23(21-15-9-6-10-16-21)22-17-11-7-12-18-22/h6-7,9-12,15-18H,13,19-20H2,1-5H3,(H,28,31). The molecule has 33 heavy (non-hydrogen) atoms. The Labute approximate surface area is 196 Å². The van der Waals surface area contributed by atoms with Gasteiger partial charge in [-0.15, -0.1) is 5.92 Å². The molecule has 1 amide bonds. The van der Waals surface area contributed by atoms with Crippen molar-refractivity contribution in [3.05, 3.63) is 71.8 Å². The van der Waals surface area contributed by atoms with Crippen LogP contribution in [0, 0.1) is 11.8 Å². The van der Waals surface area contributed by atoms with E-state index in [1.807, 2.05) is 60.7 Å². The number of esters is 1. The number of rotatable bonds is 7. The number of alkyl carbamates (subject to hydrolysis) is 1. The normalized spacial score (nSPS) is 12.4. The van der Waals surface area contributed by atoms with Crippen molar-refractivity contribution < 1.29 is 19.1 Å². The molecule has 0 aliphatic rings. The molecule has 0 saturated carbocycles. The minimum absolute atomic E-state index is 0.159. The van der Waals surface area contributed by atoms with E-state index < -0.39 is 23.2 Å². The molecule has 2 rings (SSSR count). The summed E-state index contributed by atoms with van der Waals surface area (Å²) in [6.07, 6.45) is 0.251. The van der Waals surface area contributed by atoms with Crippen LogP contribution >= 0.6 is 0 Å². The number of hydrogen-bond acceptors (Lipinski definition) is 5. The molecule has 1 unspecified atom stereocenters. The molecule has 6 heteroatoms. The monoisotopic (exact) mass is 448 g/mol. The molecule has 0 radical (unpaired) electrons. The van der Waals surface area contributed by atoms with Crippen LogP contribution in [0.5, 0.6) is 0 Å². The van der Waals surface area contributed by atoms with E-state index in [1.54, 1.807) is 27.7 Å². The van der Waals surface area contributed by atoms with Crippen LogP contribution < -0.4 is 5.32 Å². The van der Waals surface area contributed by atoms with Gasteiger partial charge in [0.2, 0.25) is 0 Å². The highest BCUT2D eigenvalue weighted by Gasteiger charge is 2.34. The van der Waals surface area contributed by atoms with Crippen LogP contribution in [-0.4, -0.2) is 42.6 Å². The predicted octanol–water partition coefficient (Wildman–Crippen LogP) is 4.76. The quantitative estimate of drug-likeness (QED) is 0.376. The molecule has 0 aliphatic carbocycles. The third kappa shape index (κ3) is 8.46. The Balaban J connectivity index is 2.19. The Morgan fingerprint density at radius 1 is 0.909 bits per heavy atom. The maximum atomic E-state index is 12.7. The number of aliphatic imine (C=N–C) groups is 1. The highest BCUT2D eigenvalue weighted by atomic mass is 16.6. The fourth-order valence-corrected chi connectivity index (χ4v) is 3.05. The molecule has 6 nitrogen and oxygen atoms in total. The van der Waals surface area contributed by atoms with Crippen molar-refractivity contribution in [1.29, 1.82) is 0 Å². The summed E-state index contributed by atoms with van der Waals surface area (Å²) in [4.78, 5) is 29.3. The topological polar surface area (TPSA) is 77.0 Å². The van der Waals surface area contributed by atoms with Crippen LogP contribution in [0.25, 0.3) is 0 Å². The smallest absolute Gasteiger partial charge is 0.408 e. The van der Waals surface area contributed by atoms with Crippen molar-refractivity contribution in [3.8, 4) is 11.8 Å². The lowest BCUT2D eigenvalue weighted by Crippen LogP contribution is -2.36. The molecule has 2 aromatic rings. The third-order valence-electron chi connectivity index (χ3n) is 4.66. The minimum Gasteiger partial charge on any atom is -0.467 e. The molecule has 0 spiro atoms. The summed E-state index contributed by atoms with van der Waals surface area (Å²) >= 11 is 0. The minimum atomic E-state index is -1.12. The Morgan fingerprint density at radius 2 is 1.45 bits per heavy atom. The lowest BCUT2D eigenvalue weighted by molar-refractivity contribution is -0.146. The summed E-state index contributed by atoms with van der Waals surface area (Å²) in [6.45, 7) is 7.31. The van der Waals surface area contributed by atoms with Crippen LogP contribution in [0.3, 0.4) is 0 Å². The second kappa shape index (κ2) is 11.9. The summed E-state index contributed by atoms with van der Waals surface area (Å²) in [5, 5.41) is 2.59. The van der Waals surface area contributed by atoms with E-state index in [0.717, 1.165) is 11.1 Å². The van der Waals surface area contributed by atoms with E-state index in [4.69, 9.17) is 14.5 Å². The molecular weight excluding hydrogens is 416 g/mol. The van der Waals surface area contributed by atoms with Crippen molar-refractivity contribution in [2.45, 2.75) is 51.7 Å². The largest absolute Gasteiger partial charge is 0.467 e. The van der Waals surface area contributed by atoms with Gasteiger partial charge in [0.05, 0.1) is 19.4 Å². The van der Waals surface area contributed by atoms with Crippen LogP contribution in [-0.2, 0) is 14.3 Å². The van der Waals surface area contributed by atoms with Gasteiger partial charge in [0.1, 0.15) is 5.60 Å². The van der Waals surface area contributed by atoms with Crippen molar-refractivity contribution in [3.63, 3.8) is 0 Å². The van der Waals surface area contributed by atoms with Gasteiger partial charge in [-0.25, -0.2) is 9.59 Å². The van der Waals surface area contributed by atoms with Gasteiger partial charge in [0, 0.05) is 17.5 Å². The number of amides is 1. The van der Waals surface area contributed by atoms with E-state index in [1.165, 1.54) is 7.11 Å². The summed E-state index contributed by atoms with van der Waals surface area (Å²) in [5.41, 5.74) is 0.845. The zero-order chi connectivity index (χ0) is 24.3. The number of ether oxygens (including phenoxy) is 2. The first-order valence-corrected chi connectivity index (χ1v) is 10.9. The summed E-state index contributed by atoms with van der Waals surface area (Å²) < 4.78 is 10.3. The zero-order valence-corrected chi connectivity index (χ0v) is 20.0. The lowest BCUT2D eigenvalue weighted by Gasteiger charge is -2.23. The van der Waals surface area contributed by atoms with Gasteiger partial charge in [-0.05, 0) is 34.1 Å². The number of nitrogens with one attached hydrogen (secondary N) is 1. The lowest BCUT2D eigenvalue weighted by atomic mass is 9.94. The molecule has 0 fully saturated rings. The summed E-state index contributed by atoms with van der Waals surface area (Å²) in [7, 11) is 1.36. The van der Waals surface area contributed by atoms with Crippen molar-refractivity contribution in [1.82, 2.24) is 5.32 Å². The molecule has 1 atom stereocenters. The third-order valence-corrected chi connectivity index (χ3v) is 4.66. The van der Waals surface area contributed by atoms with Crippen LogP contribution in [0.1, 0.15) is 51.7 Å². The first-order chi connectivity index (χ1) is 15.6. The second-order valence-electron chi connectivity index (χ2n) is 8.67. The van der Waals surface area contributed by atoms with Gasteiger partial charge in [-0.3, -0.25) is 4.99 Å². The van der Waals surface area contributed by atoms with Crippen LogP contribution in [0.4, 0.5) is 4.79 Å². The first-order valence-electron chi connectivity index (χ1n) is 10.9. The van der Waals surface area contributed by atoms with Crippen LogP contribution in [0.2, 0.25) is 0 Å². The maximum Gasteiger partial charge on any atom is 0.408 e. The van der Waals surface area contributed by atoms with Crippen molar-refractivity contribution in [2.75, 3.05) is 13.7 Å². The fraction of sp³-hybridized carbons (Fsp3) is 0.370. The van der Waals surface area contributed by atoms with E-state index in [-0.39, 0.29) is 6.54 Å². The molecular formula is C27H32N2O4. The van der Waals surface area contributed by atoms with Gasteiger partial charge in [0.15, 0.2) is 5.54 Å². The summed E-state index contributed by atoms with van der Waals surface area (Å²) in [6, 6.07) is 19.5. The van der Waals surface area contributed by atoms with E-state index in [9.17, 15) is 9.59 Å². The number of carbonyl (C=O) groups is 2. The predicted molar refractivity (Wildman–Crippen MR) is 130 cm³/mol. The number of methoxy groups -OCH3 is 1. The van der Waals surface area contributed by atoms with Gasteiger partial charge in [-0.1, -0.05) is 66.6 Å². The Kier molecular flexibility index (Phi) is 9.23. The molecule has 0 aliphatic heterocycles.